The fourth-order valence-electron chi connectivity index (χ4n) is 1.14. The van der Waals surface area contributed by atoms with Crippen LogP contribution in [0.15, 0.2) is 6.20 Å². The standard InChI is InChI=1S/C9H14N2.2C2H6/c1-6(2)9-5-10-11-8(4)7(9)3;2*1-2/h5-6H,1-4H3;2*1-2H3. The van der Waals surface area contributed by atoms with Crippen LogP contribution in [0.4, 0.5) is 0 Å². The van der Waals surface area contributed by atoms with E-state index in [1.54, 1.807) is 0 Å². The summed E-state index contributed by atoms with van der Waals surface area (Å²) in [4.78, 5) is 0. The van der Waals surface area contributed by atoms with Crippen LogP contribution < -0.4 is 0 Å². The lowest BCUT2D eigenvalue weighted by Gasteiger charge is -2.08. The Kier molecular flexibility index (Phi) is 10.6. The van der Waals surface area contributed by atoms with Gasteiger partial charge >= 0.3 is 0 Å². The lowest BCUT2D eigenvalue weighted by Crippen LogP contribution is -1.98. The molecule has 0 saturated heterocycles. The number of aromatic nitrogens is 2. The molecule has 0 amide bonds. The number of hydrogen-bond acceptors (Lipinski definition) is 2. The number of hydrogen-bond donors (Lipinski definition) is 0. The summed E-state index contributed by atoms with van der Waals surface area (Å²) in [6, 6.07) is 0. The first kappa shape index (κ1) is 16.5. The molecular weight excluding hydrogens is 184 g/mol. The molecular formula is C13H26N2. The first-order valence-corrected chi connectivity index (χ1v) is 5.91. The molecule has 1 aromatic rings. The quantitative estimate of drug-likeness (QED) is 0.691. The Morgan fingerprint density at radius 2 is 1.47 bits per heavy atom. The minimum atomic E-state index is 0.546. The molecule has 1 heterocycles. The molecule has 1 aromatic heterocycles. The second-order valence-electron chi connectivity index (χ2n) is 3.17. The van der Waals surface area contributed by atoms with Gasteiger partial charge in [-0.2, -0.15) is 10.2 Å². The minimum absolute atomic E-state index is 0.546. The van der Waals surface area contributed by atoms with Crippen molar-refractivity contribution in [1.82, 2.24) is 10.2 Å². The second kappa shape index (κ2) is 9.63. The van der Waals surface area contributed by atoms with Crippen molar-refractivity contribution >= 4 is 0 Å². The van der Waals surface area contributed by atoms with Crippen LogP contribution in [0.5, 0.6) is 0 Å². The fourth-order valence-corrected chi connectivity index (χ4v) is 1.14. The van der Waals surface area contributed by atoms with E-state index in [0.717, 1.165) is 5.69 Å². The summed E-state index contributed by atoms with van der Waals surface area (Å²) in [5.41, 5.74) is 3.61. The van der Waals surface area contributed by atoms with Gasteiger partial charge in [-0.1, -0.05) is 41.5 Å². The zero-order chi connectivity index (χ0) is 12.4. The summed E-state index contributed by atoms with van der Waals surface area (Å²) < 4.78 is 0. The summed E-state index contributed by atoms with van der Waals surface area (Å²) in [6.07, 6.45) is 1.85. The van der Waals surface area contributed by atoms with Crippen molar-refractivity contribution in [3.63, 3.8) is 0 Å². The van der Waals surface area contributed by atoms with E-state index in [0.29, 0.717) is 5.92 Å². The largest absolute Gasteiger partial charge is 0.159 e. The predicted molar refractivity (Wildman–Crippen MR) is 68.3 cm³/mol. The second-order valence-corrected chi connectivity index (χ2v) is 3.17. The molecule has 2 nitrogen and oxygen atoms in total. The van der Waals surface area contributed by atoms with E-state index in [2.05, 4.69) is 31.0 Å². The molecule has 0 aromatic carbocycles. The van der Waals surface area contributed by atoms with Gasteiger partial charge in [-0.3, -0.25) is 0 Å². The zero-order valence-electron chi connectivity index (χ0n) is 11.5. The van der Waals surface area contributed by atoms with Gasteiger partial charge in [0.05, 0.1) is 11.9 Å². The smallest absolute Gasteiger partial charge is 0.0632 e. The van der Waals surface area contributed by atoms with Crippen molar-refractivity contribution in [1.29, 1.82) is 0 Å². The van der Waals surface area contributed by atoms with Crippen molar-refractivity contribution in [3.8, 4) is 0 Å². The van der Waals surface area contributed by atoms with Crippen LogP contribution in [-0.4, -0.2) is 10.2 Å². The molecule has 0 aliphatic carbocycles. The van der Waals surface area contributed by atoms with E-state index in [4.69, 9.17) is 0 Å². The lowest BCUT2D eigenvalue weighted by molar-refractivity contribution is 0.816. The SMILES string of the molecule is CC.CC.Cc1nncc(C(C)C)c1C. The third-order valence-corrected chi connectivity index (χ3v) is 2.00. The molecule has 0 unspecified atom stereocenters. The van der Waals surface area contributed by atoms with Crippen molar-refractivity contribution < 1.29 is 0 Å². The third kappa shape index (κ3) is 5.50. The van der Waals surface area contributed by atoms with Crippen LogP contribution in [0.1, 0.15) is 64.3 Å². The average Bonchev–Trinajstić information content (AvgIpc) is 2.27. The van der Waals surface area contributed by atoms with Crippen LogP contribution in [0.2, 0.25) is 0 Å². The number of aryl methyl sites for hydroxylation is 1. The molecule has 0 spiro atoms. The molecule has 0 fully saturated rings. The van der Waals surface area contributed by atoms with E-state index < -0.39 is 0 Å². The Labute approximate surface area is 95.1 Å². The highest BCUT2D eigenvalue weighted by atomic mass is 15.1. The Bertz CT molecular complexity index is 255. The van der Waals surface area contributed by atoms with E-state index >= 15 is 0 Å². The monoisotopic (exact) mass is 210 g/mol. The van der Waals surface area contributed by atoms with Crippen LogP contribution in [0, 0.1) is 13.8 Å². The highest BCUT2D eigenvalue weighted by molar-refractivity contribution is 5.27. The van der Waals surface area contributed by atoms with Gasteiger partial charge in [0.1, 0.15) is 0 Å². The molecule has 0 radical (unpaired) electrons. The maximum Gasteiger partial charge on any atom is 0.0632 e. The summed E-state index contributed by atoms with van der Waals surface area (Å²) in [6.45, 7) is 16.4. The molecule has 15 heavy (non-hydrogen) atoms. The summed E-state index contributed by atoms with van der Waals surface area (Å²) in [5.74, 6) is 0.546. The van der Waals surface area contributed by atoms with Crippen LogP contribution in [0.3, 0.4) is 0 Å². The third-order valence-electron chi connectivity index (χ3n) is 2.00. The molecule has 0 N–H and O–H groups in total. The Morgan fingerprint density at radius 3 is 1.80 bits per heavy atom. The number of rotatable bonds is 1. The molecule has 1 rings (SSSR count). The molecule has 2 heteroatoms. The van der Waals surface area contributed by atoms with Crippen molar-refractivity contribution in [2.45, 2.75) is 61.3 Å². The zero-order valence-corrected chi connectivity index (χ0v) is 11.5. The summed E-state index contributed by atoms with van der Waals surface area (Å²) in [5, 5.41) is 7.89. The van der Waals surface area contributed by atoms with Crippen LogP contribution in [0.25, 0.3) is 0 Å². The van der Waals surface area contributed by atoms with Gasteiger partial charge in [-0.05, 0) is 30.9 Å². The molecule has 0 bridgehead atoms. The average molecular weight is 210 g/mol. The Balaban J connectivity index is 0. The Hall–Kier alpha value is -0.920. The number of nitrogens with zero attached hydrogens (tertiary/aromatic N) is 2. The van der Waals surface area contributed by atoms with E-state index in [1.165, 1.54) is 11.1 Å². The highest BCUT2D eigenvalue weighted by Crippen LogP contribution is 2.18. The van der Waals surface area contributed by atoms with E-state index in [1.807, 2.05) is 40.8 Å². The van der Waals surface area contributed by atoms with Gasteiger partial charge in [-0.25, -0.2) is 0 Å². The first-order valence-electron chi connectivity index (χ1n) is 5.91. The predicted octanol–water partition coefficient (Wildman–Crippen LogP) is 4.27. The minimum Gasteiger partial charge on any atom is -0.159 e. The molecule has 0 aliphatic rings. The van der Waals surface area contributed by atoms with Gasteiger partial charge in [0.2, 0.25) is 0 Å². The van der Waals surface area contributed by atoms with Gasteiger partial charge < -0.3 is 0 Å². The maximum atomic E-state index is 3.97. The lowest BCUT2D eigenvalue weighted by atomic mass is 10.00. The van der Waals surface area contributed by atoms with Gasteiger partial charge in [0.25, 0.3) is 0 Å². The van der Waals surface area contributed by atoms with Crippen LogP contribution >= 0.6 is 0 Å². The molecule has 0 atom stereocenters. The molecule has 0 saturated carbocycles. The van der Waals surface area contributed by atoms with Crippen LogP contribution in [-0.2, 0) is 0 Å². The topological polar surface area (TPSA) is 25.8 Å². The summed E-state index contributed by atoms with van der Waals surface area (Å²) in [7, 11) is 0. The van der Waals surface area contributed by atoms with Gasteiger partial charge in [0, 0.05) is 0 Å². The highest BCUT2D eigenvalue weighted by Gasteiger charge is 2.05. The van der Waals surface area contributed by atoms with E-state index in [9.17, 15) is 0 Å². The molecule has 0 aliphatic heterocycles. The van der Waals surface area contributed by atoms with E-state index in [-0.39, 0.29) is 0 Å². The van der Waals surface area contributed by atoms with Gasteiger partial charge in [-0.15, -0.1) is 0 Å². The Morgan fingerprint density at radius 1 is 1.00 bits per heavy atom. The van der Waals surface area contributed by atoms with Crippen molar-refractivity contribution in [2.75, 3.05) is 0 Å². The van der Waals surface area contributed by atoms with Crippen molar-refractivity contribution in [2.24, 2.45) is 0 Å². The molecule has 88 valence electrons. The van der Waals surface area contributed by atoms with Gasteiger partial charge in [0.15, 0.2) is 0 Å². The van der Waals surface area contributed by atoms with Crippen molar-refractivity contribution in [3.05, 3.63) is 23.0 Å². The normalized spacial score (nSPS) is 8.60. The first-order chi connectivity index (χ1) is 7.13. The maximum absolute atomic E-state index is 3.97. The summed E-state index contributed by atoms with van der Waals surface area (Å²) >= 11 is 0. The fraction of sp³-hybridized carbons (Fsp3) is 0.692.